The zero-order chi connectivity index (χ0) is 32.2. The molecule has 0 saturated heterocycles. The highest BCUT2D eigenvalue weighted by Gasteiger charge is 2.43. The van der Waals surface area contributed by atoms with E-state index < -0.39 is 15.8 Å². The third kappa shape index (κ3) is 6.87. The predicted octanol–water partition coefficient (Wildman–Crippen LogP) is 9.02. The van der Waals surface area contributed by atoms with Crippen molar-refractivity contribution in [3.63, 3.8) is 0 Å². The van der Waals surface area contributed by atoms with Crippen LogP contribution in [0.4, 0.5) is 0 Å². The molecular formula is C42H46O2P2. The Balaban J connectivity index is 1.60. The van der Waals surface area contributed by atoms with Gasteiger partial charge in [-0.1, -0.05) is 131 Å². The standard InChI is InChI=1S/C42H46O2P2/c1-29-13-21-33(22-14-29)45(34-23-15-30(2)16-24-34)39-11-7-9-37(43-5)41(39)42-38(44-6)10-8-12-40(42)46(35-25-17-31(3)18-26-35)36-27-19-32(4)20-28-36/h7,10-11,13-28,37,40,42H,8-9,12H2,1-6H3/t37?,40?,42-/m0/s1. The van der Waals surface area contributed by atoms with Crippen LogP contribution in [0.1, 0.15) is 41.5 Å². The van der Waals surface area contributed by atoms with Crippen molar-refractivity contribution in [3.8, 4) is 0 Å². The molecule has 0 spiro atoms. The molecule has 3 atom stereocenters. The molecule has 2 aliphatic carbocycles. The van der Waals surface area contributed by atoms with Crippen molar-refractivity contribution in [1.29, 1.82) is 0 Å². The van der Waals surface area contributed by atoms with E-state index >= 15 is 0 Å². The minimum atomic E-state index is -0.833. The molecule has 0 radical (unpaired) electrons. The van der Waals surface area contributed by atoms with Crippen LogP contribution in [0, 0.1) is 33.6 Å². The van der Waals surface area contributed by atoms with E-state index in [2.05, 4.69) is 143 Å². The molecule has 0 aliphatic heterocycles. The van der Waals surface area contributed by atoms with E-state index in [0.29, 0.717) is 5.66 Å². The Morgan fingerprint density at radius 3 is 1.50 bits per heavy atom. The van der Waals surface area contributed by atoms with Crippen LogP contribution >= 0.6 is 15.8 Å². The Labute approximate surface area is 278 Å². The molecule has 2 aliphatic rings. The van der Waals surface area contributed by atoms with Gasteiger partial charge in [0.1, 0.15) is 0 Å². The van der Waals surface area contributed by atoms with Gasteiger partial charge in [0.15, 0.2) is 0 Å². The Kier molecular flexibility index (Phi) is 10.4. The Morgan fingerprint density at radius 2 is 1.07 bits per heavy atom. The first-order chi connectivity index (χ1) is 22.4. The number of hydrogen-bond acceptors (Lipinski definition) is 2. The number of benzene rings is 4. The van der Waals surface area contributed by atoms with E-state index in [-0.39, 0.29) is 12.0 Å². The fraction of sp³-hybridized carbons (Fsp3) is 0.286. The second kappa shape index (κ2) is 14.6. The molecule has 4 aromatic carbocycles. The lowest BCUT2D eigenvalue weighted by Gasteiger charge is -2.43. The third-order valence-electron chi connectivity index (χ3n) is 9.40. The summed E-state index contributed by atoms with van der Waals surface area (Å²) < 4.78 is 12.8. The lowest BCUT2D eigenvalue weighted by molar-refractivity contribution is 0.117. The molecule has 0 fully saturated rings. The average Bonchev–Trinajstić information content (AvgIpc) is 3.08. The third-order valence-corrected chi connectivity index (χ3v) is 14.9. The van der Waals surface area contributed by atoms with Gasteiger partial charge in [0.25, 0.3) is 0 Å². The maximum atomic E-state index is 6.44. The summed E-state index contributed by atoms with van der Waals surface area (Å²) in [7, 11) is 2.22. The normalized spacial score (nSPS) is 19.9. The second-order valence-corrected chi connectivity index (χ2v) is 17.3. The van der Waals surface area contributed by atoms with Gasteiger partial charge in [-0.2, -0.15) is 0 Å². The quantitative estimate of drug-likeness (QED) is 0.169. The highest BCUT2D eigenvalue weighted by molar-refractivity contribution is 7.77. The number of ether oxygens (including phenoxy) is 2. The first-order valence-corrected chi connectivity index (χ1v) is 19.2. The van der Waals surface area contributed by atoms with Gasteiger partial charge in [-0.25, -0.2) is 0 Å². The molecular weight excluding hydrogens is 598 g/mol. The molecule has 0 aromatic heterocycles. The summed E-state index contributed by atoms with van der Waals surface area (Å²) >= 11 is 0. The lowest BCUT2D eigenvalue weighted by atomic mass is 9.81. The summed E-state index contributed by atoms with van der Waals surface area (Å²) in [6, 6.07) is 37.0. The van der Waals surface area contributed by atoms with Crippen LogP contribution in [-0.2, 0) is 9.47 Å². The molecule has 4 heteroatoms. The minimum Gasteiger partial charge on any atom is -0.501 e. The maximum absolute atomic E-state index is 6.44. The molecule has 2 nitrogen and oxygen atoms in total. The SMILES string of the molecule is COC1=CCCC(P(c2ccc(C)cc2)c2ccc(C)cc2)[C@H]1C1=C(P(c2ccc(C)cc2)c2ccc(C)cc2)C=CCC1OC. The molecule has 46 heavy (non-hydrogen) atoms. The highest BCUT2D eigenvalue weighted by Crippen LogP contribution is 2.57. The highest BCUT2D eigenvalue weighted by atomic mass is 31.1. The Hall–Kier alpha value is -3.28. The van der Waals surface area contributed by atoms with E-state index in [4.69, 9.17) is 9.47 Å². The van der Waals surface area contributed by atoms with E-state index in [1.165, 1.54) is 54.4 Å². The molecule has 0 bridgehead atoms. The van der Waals surface area contributed by atoms with Gasteiger partial charge in [0.2, 0.25) is 0 Å². The summed E-state index contributed by atoms with van der Waals surface area (Å²) in [6.45, 7) is 8.70. The van der Waals surface area contributed by atoms with E-state index in [1.807, 2.05) is 14.2 Å². The van der Waals surface area contributed by atoms with Crippen molar-refractivity contribution in [2.45, 2.75) is 58.7 Å². The van der Waals surface area contributed by atoms with Gasteiger partial charge in [-0.15, -0.1) is 0 Å². The number of hydrogen-bond donors (Lipinski definition) is 0. The van der Waals surface area contributed by atoms with Gasteiger partial charge in [-0.05, 0) is 101 Å². The summed E-state index contributed by atoms with van der Waals surface area (Å²) in [5.74, 6) is 1.20. The Morgan fingerprint density at radius 1 is 0.609 bits per heavy atom. The molecule has 0 saturated carbocycles. The van der Waals surface area contributed by atoms with E-state index in [0.717, 1.165) is 25.0 Å². The van der Waals surface area contributed by atoms with Crippen molar-refractivity contribution in [2.24, 2.45) is 5.92 Å². The largest absolute Gasteiger partial charge is 0.501 e. The summed E-state index contributed by atoms with van der Waals surface area (Å²) in [4.78, 5) is 0. The van der Waals surface area contributed by atoms with Crippen LogP contribution < -0.4 is 21.2 Å². The van der Waals surface area contributed by atoms with Gasteiger partial charge < -0.3 is 9.47 Å². The van der Waals surface area contributed by atoms with Crippen molar-refractivity contribution < 1.29 is 9.47 Å². The van der Waals surface area contributed by atoms with E-state index in [9.17, 15) is 0 Å². The second-order valence-electron chi connectivity index (χ2n) is 12.7. The number of rotatable bonds is 9. The van der Waals surface area contributed by atoms with Gasteiger partial charge in [-0.3, -0.25) is 0 Å². The van der Waals surface area contributed by atoms with Crippen LogP contribution in [0.25, 0.3) is 0 Å². The zero-order valence-corrected chi connectivity index (χ0v) is 29.8. The fourth-order valence-electron chi connectivity index (χ4n) is 6.96. The van der Waals surface area contributed by atoms with E-state index in [1.54, 1.807) is 0 Å². The van der Waals surface area contributed by atoms with Gasteiger partial charge in [0, 0.05) is 18.7 Å². The summed E-state index contributed by atoms with van der Waals surface area (Å²) in [6.07, 6.45) is 10.1. The molecule has 236 valence electrons. The van der Waals surface area contributed by atoms with Crippen LogP contribution in [0.2, 0.25) is 0 Å². The average molecular weight is 645 g/mol. The molecule has 2 unspecified atom stereocenters. The lowest BCUT2D eigenvalue weighted by Crippen LogP contribution is -2.37. The molecule has 0 amide bonds. The smallest absolute Gasteiger partial charge is 0.0994 e. The zero-order valence-electron chi connectivity index (χ0n) is 28.0. The van der Waals surface area contributed by atoms with Crippen LogP contribution in [-0.4, -0.2) is 26.0 Å². The van der Waals surface area contributed by atoms with Crippen molar-refractivity contribution in [2.75, 3.05) is 14.2 Å². The number of allylic oxidation sites excluding steroid dienone is 4. The first-order valence-electron chi connectivity index (χ1n) is 16.4. The maximum Gasteiger partial charge on any atom is 0.0994 e. The van der Waals surface area contributed by atoms with Gasteiger partial charge >= 0.3 is 0 Å². The molecule has 4 aromatic rings. The number of aryl methyl sites for hydroxylation is 4. The van der Waals surface area contributed by atoms with Crippen LogP contribution in [0.3, 0.4) is 0 Å². The van der Waals surface area contributed by atoms with Crippen LogP contribution in [0.15, 0.2) is 132 Å². The molecule has 0 N–H and O–H groups in total. The summed E-state index contributed by atoms with van der Waals surface area (Å²) in [5.41, 5.74) is 6.92. The van der Waals surface area contributed by atoms with Crippen molar-refractivity contribution >= 4 is 37.1 Å². The molecule has 0 heterocycles. The first kappa shape index (κ1) is 32.7. The van der Waals surface area contributed by atoms with Crippen molar-refractivity contribution in [1.82, 2.24) is 0 Å². The Bertz CT molecular complexity index is 1620. The summed E-state index contributed by atoms with van der Waals surface area (Å²) in [5, 5.41) is 7.00. The monoisotopic (exact) mass is 644 g/mol. The van der Waals surface area contributed by atoms with Gasteiger partial charge in [0.05, 0.1) is 19.0 Å². The topological polar surface area (TPSA) is 18.5 Å². The minimum absolute atomic E-state index is 0.0158. The van der Waals surface area contributed by atoms with Crippen LogP contribution in [0.5, 0.6) is 0 Å². The fourth-order valence-corrected chi connectivity index (χ4v) is 12.5. The molecule has 6 rings (SSSR count). The predicted molar refractivity (Wildman–Crippen MR) is 200 cm³/mol. The number of methoxy groups -OCH3 is 2. The van der Waals surface area contributed by atoms with Crippen molar-refractivity contribution in [3.05, 3.63) is 154 Å².